The van der Waals surface area contributed by atoms with E-state index in [9.17, 15) is 13.6 Å². The summed E-state index contributed by atoms with van der Waals surface area (Å²) >= 11 is 0. The van der Waals surface area contributed by atoms with Crippen molar-refractivity contribution in [1.29, 1.82) is 0 Å². The Bertz CT molecular complexity index is 740. The summed E-state index contributed by atoms with van der Waals surface area (Å²) in [7, 11) is 0. The van der Waals surface area contributed by atoms with Crippen molar-refractivity contribution in [3.63, 3.8) is 0 Å². The lowest BCUT2D eigenvalue weighted by atomic mass is 10.1. The van der Waals surface area contributed by atoms with Gasteiger partial charge in [0, 0.05) is 23.7 Å². The lowest BCUT2D eigenvalue weighted by molar-refractivity contribution is -0.115. The third-order valence-electron chi connectivity index (χ3n) is 4.61. The van der Waals surface area contributed by atoms with Gasteiger partial charge in [-0.2, -0.15) is 5.10 Å². The maximum Gasteiger partial charge on any atom is 0.239 e. The second kappa shape index (κ2) is 7.74. The molecule has 2 aromatic rings. The molecule has 0 bridgehead atoms. The molecular weight excluding hydrogens is 326 g/mol. The topological polar surface area (TPSA) is 59.0 Å². The molecule has 1 heterocycles. The molecule has 25 heavy (non-hydrogen) atoms. The summed E-state index contributed by atoms with van der Waals surface area (Å²) in [4.78, 5) is 12.2. The molecule has 134 valence electrons. The first-order valence-corrected chi connectivity index (χ1v) is 8.56. The Morgan fingerprint density at radius 3 is 2.80 bits per heavy atom. The van der Waals surface area contributed by atoms with E-state index in [1.807, 2.05) is 4.68 Å². The van der Waals surface area contributed by atoms with Gasteiger partial charge < -0.3 is 10.6 Å². The third-order valence-corrected chi connectivity index (χ3v) is 4.61. The molecule has 1 aliphatic carbocycles. The van der Waals surface area contributed by atoms with Crippen molar-refractivity contribution in [2.24, 2.45) is 0 Å². The van der Waals surface area contributed by atoms with E-state index >= 15 is 0 Å². The number of rotatable bonds is 6. The van der Waals surface area contributed by atoms with E-state index in [2.05, 4.69) is 15.7 Å². The van der Waals surface area contributed by atoms with Crippen LogP contribution in [-0.2, 0) is 4.79 Å². The van der Waals surface area contributed by atoms with Gasteiger partial charge in [0.2, 0.25) is 5.91 Å². The lowest BCUT2D eigenvalue weighted by Crippen LogP contribution is -2.31. The largest absolute Gasteiger partial charge is 0.310 e. The van der Waals surface area contributed by atoms with E-state index in [4.69, 9.17) is 0 Å². The van der Waals surface area contributed by atoms with Gasteiger partial charge in [0.05, 0.1) is 18.8 Å². The van der Waals surface area contributed by atoms with Crippen molar-refractivity contribution < 1.29 is 13.6 Å². The molecule has 5 nitrogen and oxygen atoms in total. The van der Waals surface area contributed by atoms with Crippen LogP contribution in [0.15, 0.2) is 30.5 Å². The number of benzene rings is 1. The zero-order valence-electron chi connectivity index (χ0n) is 14.1. The fraction of sp³-hybridized carbons (Fsp3) is 0.444. The van der Waals surface area contributed by atoms with Crippen LogP contribution in [0.4, 0.5) is 14.6 Å². The van der Waals surface area contributed by atoms with Crippen LogP contribution in [-0.4, -0.2) is 22.2 Å². The van der Waals surface area contributed by atoms with Crippen LogP contribution in [0.1, 0.15) is 50.3 Å². The molecule has 0 saturated heterocycles. The second-order valence-corrected chi connectivity index (χ2v) is 6.42. The van der Waals surface area contributed by atoms with Crippen LogP contribution in [0.2, 0.25) is 0 Å². The summed E-state index contributed by atoms with van der Waals surface area (Å²) in [6.07, 6.45) is 6.19. The highest BCUT2D eigenvalue weighted by Crippen LogP contribution is 2.31. The molecule has 7 heteroatoms. The number of aromatic nitrogens is 2. The van der Waals surface area contributed by atoms with Gasteiger partial charge in [-0.1, -0.05) is 18.9 Å². The molecule has 1 aliphatic rings. The third kappa shape index (κ3) is 4.22. The standard InChI is InChI=1S/C18H22F2N4O/c1-12(15-7-6-13(19)10-16(15)20)21-11-18(25)23-17-8-9-22-24(17)14-4-2-3-5-14/h6-10,12,14,21H,2-5,11H2,1H3,(H,23,25)/t12-/m1/s1. The monoisotopic (exact) mass is 348 g/mol. The van der Waals surface area contributed by atoms with E-state index in [1.165, 1.54) is 25.0 Å². The first kappa shape index (κ1) is 17.5. The normalized spacial score (nSPS) is 16.1. The molecule has 1 fully saturated rings. The molecule has 0 aliphatic heterocycles. The summed E-state index contributed by atoms with van der Waals surface area (Å²) in [6, 6.07) is 5.13. The van der Waals surface area contributed by atoms with Crippen LogP contribution >= 0.6 is 0 Å². The zero-order chi connectivity index (χ0) is 17.8. The Morgan fingerprint density at radius 2 is 2.08 bits per heavy atom. The quantitative estimate of drug-likeness (QED) is 0.839. The minimum atomic E-state index is -0.625. The van der Waals surface area contributed by atoms with Crippen molar-refractivity contribution in [3.8, 4) is 0 Å². The Hall–Kier alpha value is -2.28. The highest BCUT2D eigenvalue weighted by Gasteiger charge is 2.20. The highest BCUT2D eigenvalue weighted by atomic mass is 19.1. The summed E-state index contributed by atoms with van der Waals surface area (Å²) in [5, 5.41) is 10.1. The molecule has 1 aromatic heterocycles. The van der Waals surface area contributed by atoms with E-state index in [-0.39, 0.29) is 12.5 Å². The lowest BCUT2D eigenvalue weighted by Gasteiger charge is -2.17. The van der Waals surface area contributed by atoms with Crippen LogP contribution in [0.5, 0.6) is 0 Å². The first-order valence-electron chi connectivity index (χ1n) is 8.56. The maximum absolute atomic E-state index is 13.8. The molecule has 1 aromatic carbocycles. The molecule has 0 spiro atoms. The smallest absolute Gasteiger partial charge is 0.239 e. The van der Waals surface area contributed by atoms with Crippen molar-refractivity contribution in [2.75, 3.05) is 11.9 Å². The SMILES string of the molecule is C[C@@H](NCC(=O)Nc1ccnn1C1CCCC1)c1ccc(F)cc1F. The van der Waals surface area contributed by atoms with E-state index in [0.29, 0.717) is 17.4 Å². The maximum atomic E-state index is 13.8. The molecule has 1 atom stereocenters. The van der Waals surface area contributed by atoms with Gasteiger partial charge in [-0.3, -0.25) is 4.79 Å². The van der Waals surface area contributed by atoms with Crippen LogP contribution < -0.4 is 10.6 Å². The van der Waals surface area contributed by atoms with Gasteiger partial charge in [0.25, 0.3) is 0 Å². The molecule has 1 saturated carbocycles. The van der Waals surface area contributed by atoms with E-state index < -0.39 is 17.7 Å². The van der Waals surface area contributed by atoms with Gasteiger partial charge in [-0.25, -0.2) is 13.5 Å². The van der Waals surface area contributed by atoms with Crippen LogP contribution in [0, 0.1) is 11.6 Å². The summed E-state index contributed by atoms with van der Waals surface area (Å²) < 4.78 is 28.6. The number of halogens is 2. The van der Waals surface area contributed by atoms with E-state index in [1.54, 1.807) is 19.2 Å². The molecule has 3 rings (SSSR count). The minimum absolute atomic E-state index is 0.0217. The molecule has 0 unspecified atom stereocenters. The zero-order valence-corrected chi connectivity index (χ0v) is 14.1. The fourth-order valence-electron chi connectivity index (χ4n) is 3.25. The number of carbonyl (C=O) groups is 1. The average Bonchev–Trinajstić information content (AvgIpc) is 3.23. The first-order chi connectivity index (χ1) is 12.0. The minimum Gasteiger partial charge on any atom is -0.310 e. The molecule has 2 N–H and O–H groups in total. The summed E-state index contributed by atoms with van der Waals surface area (Å²) in [5.41, 5.74) is 0.324. The predicted octanol–water partition coefficient (Wildman–Crippen LogP) is 3.57. The fourth-order valence-corrected chi connectivity index (χ4v) is 3.25. The predicted molar refractivity (Wildman–Crippen MR) is 91.1 cm³/mol. The number of anilines is 1. The van der Waals surface area contributed by atoms with Crippen molar-refractivity contribution in [1.82, 2.24) is 15.1 Å². The van der Waals surface area contributed by atoms with Crippen LogP contribution in [0.3, 0.4) is 0 Å². The molecule has 0 radical (unpaired) electrons. The Balaban J connectivity index is 1.55. The van der Waals surface area contributed by atoms with Crippen LogP contribution in [0.25, 0.3) is 0 Å². The summed E-state index contributed by atoms with van der Waals surface area (Å²) in [5.74, 6) is -0.792. The van der Waals surface area contributed by atoms with Crippen molar-refractivity contribution in [3.05, 3.63) is 47.7 Å². The number of hydrogen-bond acceptors (Lipinski definition) is 3. The summed E-state index contributed by atoms with van der Waals surface area (Å²) in [6.45, 7) is 1.75. The Kier molecular flexibility index (Phi) is 5.43. The van der Waals surface area contributed by atoms with Gasteiger partial charge in [0.1, 0.15) is 17.5 Å². The van der Waals surface area contributed by atoms with Gasteiger partial charge >= 0.3 is 0 Å². The van der Waals surface area contributed by atoms with Gasteiger partial charge in [0.15, 0.2) is 0 Å². The van der Waals surface area contributed by atoms with Crippen molar-refractivity contribution in [2.45, 2.75) is 44.7 Å². The number of carbonyl (C=O) groups excluding carboxylic acids is 1. The Morgan fingerprint density at radius 1 is 1.32 bits per heavy atom. The number of amides is 1. The second-order valence-electron chi connectivity index (χ2n) is 6.42. The van der Waals surface area contributed by atoms with Crippen molar-refractivity contribution >= 4 is 11.7 Å². The molecule has 1 amide bonds. The molecular formula is C18H22F2N4O. The van der Waals surface area contributed by atoms with E-state index in [0.717, 1.165) is 18.9 Å². The Labute approximate surface area is 145 Å². The van der Waals surface area contributed by atoms with Gasteiger partial charge in [-0.05, 0) is 25.8 Å². The number of hydrogen-bond donors (Lipinski definition) is 2. The number of nitrogens with one attached hydrogen (secondary N) is 2. The van der Waals surface area contributed by atoms with Gasteiger partial charge in [-0.15, -0.1) is 0 Å². The number of nitrogens with zero attached hydrogens (tertiary/aromatic N) is 2. The average molecular weight is 348 g/mol. The highest BCUT2D eigenvalue weighted by molar-refractivity contribution is 5.91.